The first-order valence-electron chi connectivity index (χ1n) is 9.46. The lowest BCUT2D eigenvalue weighted by Gasteiger charge is -2.36. The summed E-state index contributed by atoms with van der Waals surface area (Å²) in [5.74, 6) is -0.226. The van der Waals surface area contributed by atoms with Crippen LogP contribution < -0.4 is 10.6 Å². The van der Waals surface area contributed by atoms with Crippen LogP contribution in [0.1, 0.15) is 25.3 Å². The molecule has 1 aromatic heterocycles. The Labute approximate surface area is 159 Å². The molecule has 2 heterocycles. The second-order valence-electron chi connectivity index (χ2n) is 6.81. The summed E-state index contributed by atoms with van der Waals surface area (Å²) in [7, 11) is 0. The molecule has 0 radical (unpaired) electrons. The number of hydrogen-bond donors (Lipinski definition) is 2. The van der Waals surface area contributed by atoms with E-state index < -0.39 is 5.54 Å². The molecule has 0 saturated carbocycles. The average molecular weight is 369 g/mol. The third-order valence-corrected chi connectivity index (χ3v) is 5.15. The average Bonchev–Trinajstić information content (AvgIpc) is 3.26. The minimum absolute atomic E-state index is 0.00401. The van der Waals surface area contributed by atoms with Crippen LogP contribution in [0.5, 0.6) is 0 Å². The lowest BCUT2D eigenvalue weighted by molar-refractivity contribution is -0.137. The minimum Gasteiger partial charge on any atom is -0.345 e. The number of aromatic nitrogens is 2. The number of hydrogen-bond acceptors (Lipinski definition) is 4. The Hall–Kier alpha value is -2.67. The molecule has 2 amide bonds. The van der Waals surface area contributed by atoms with Crippen LogP contribution in [0, 0.1) is 0 Å². The van der Waals surface area contributed by atoms with E-state index in [1.165, 1.54) is 0 Å². The second kappa shape index (κ2) is 8.81. The third-order valence-electron chi connectivity index (χ3n) is 5.15. The zero-order valence-electron chi connectivity index (χ0n) is 15.7. The largest absolute Gasteiger partial charge is 0.345 e. The fraction of sp³-hybridized carbons (Fsp3) is 0.450. The topological polar surface area (TPSA) is 79.3 Å². The Morgan fingerprint density at radius 3 is 2.59 bits per heavy atom. The number of likely N-dealkylation sites (N-methyl/N-ethyl adjacent to an activating group) is 1. The van der Waals surface area contributed by atoms with Gasteiger partial charge in [-0.2, -0.15) is 5.10 Å². The van der Waals surface area contributed by atoms with E-state index in [9.17, 15) is 9.59 Å². The van der Waals surface area contributed by atoms with Gasteiger partial charge in [0.2, 0.25) is 11.8 Å². The van der Waals surface area contributed by atoms with Crippen molar-refractivity contribution in [3.63, 3.8) is 0 Å². The van der Waals surface area contributed by atoms with Gasteiger partial charge in [0.1, 0.15) is 5.54 Å². The van der Waals surface area contributed by atoms with Crippen LogP contribution in [0.2, 0.25) is 0 Å². The van der Waals surface area contributed by atoms with E-state index in [0.29, 0.717) is 25.9 Å². The number of benzene rings is 1. The summed E-state index contributed by atoms with van der Waals surface area (Å²) < 4.78 is 1.73. The molecule has 0 atom stereocenters. The van der Waals surface area contributed by atoms with E-state index in [0.717, 1.165) is 18.7 Å². The van der Waals surface area contributed by atoms with Crippen LogP contribution in [-0.4, -0.2) is 52.7 Å². The Bertz CT molecular complexity index is 739. The van der Waals surface area contributed by atoms with Crippen molar-refractivity contribution in [3.05, 3.63) is 54.4 Å². The Balaban J connectivity index is 1.63. The summed E-state index contributed by atoms with van der Waals surface area (Å²) in [5, 5.41) is 10.4. The number of nitrogens with one attached hydrogen (secondary N) is 2. The smallest absolute Gasteiger partial charge is 0.248 e. The molecule has 7 heteroatoms. The zero-order valence-corrected chi connectivity index (χ0v) is 15.7. The van der Waals surface area contributed by atoms with Crippen molar-refractivity contribution in [2.24, 2.45) is 0 Å². The summed E-state index contributed by atoms with van der Waals surface area (Å²) >= 11 is 0. The van der Waals surface area contributed by atoms with Gasteiger partial charge in [0.25, 0.3) is 0 Å². The fourth-order valence-corrected chi connectivity index (χ4v) is 3.53. The molecule has 1 aliphatic heterocycles. The quantitative estimate of drug-likeness (QED) is 0.767. The highest BCUT2D eigenvalue weighted by Gasteiger charge is 2.42. The van der Waals surface area contributed by atoms with E-state index in [1.54, 1.807) is 15.8 Å². The minimum atomic E-state index is -0.731. The molecular formula is C20H27N5O2. The zero-order chi connectivity index (χ0) is 19.1. The number of carbonyl (C=O) groups is 2. The van der Waals surface area contributed by atoms with Gasteiger partial charge in [0.15, 0.2) is 0 Å². The maximum Gasteiger partial charge on any atom is 0.248 e. The lowest BCUT2D eigenvalue weighted by atomic mass is 9.87. The number of carbonyl (C=O) groups excluding carboxylic acids is 2. The molecule has 1 saturated heterocycles. The Morgan fingerprint density at radius 2 is 1.96 bits per heavy atom. The van der Waals surface area contributed by atoms with Gasteiger partial charge < -0.3 is 15.5 Å². The third kappa shape index (κ3) is 4.36. The van der Waals surface area contributed by atoms with E-state index in [2.05, 4.69) is 15.7 Å². The number of nitrogens with zero attached hydrogens (tertiary/aromatic N) is 3. The van der Waals surface area contributed by atoms with Gasteiger partial charge in [0.05, 0.1) is 6.54 Å². The lowest BCUT2D eigenvalue weighted by Crippen LogP contribution is -2.56. The first-order valence-corrected chi connectivity index (χ1v) is 9.46. The van der Waals surface area contributed by atoms with Gasteiger partial charge in [-0.3, -0.25) is 14.3 Å². The van der Waals surface area contributed by atoms with E-state index in [4.69, 9.17) is 0 Å². The standard InChI is InChI=1S/C20H27N5O2/c1-2-24(16-17-7-4-3-5-8-17)18(26)15-22-19(27)20(9-12-21-13-10-20)25-14-6-11-23-25/h3-8,11,14,21H,2,9-10,12-13,15-16H2,1H3,(H,22,27). The van der Waals surface area contributed by atoms with Crippen molar-refractivity contribution >= 4 is 11.8 Å². The predicted molar refractivity (Wildman–Crippen MR) is 103 cm³/mol. The van der Waals surface area contributed by atoms with Gasteiger partial charge in [-0.25, -0.2) is 0 Å². The van der Waals surface area contributed by atoms with Gasteiger partial charge in [-0.1, -0.05) is 30.3 Å². The Morgan fingerprint density at radius 1 is 1.22 bits per heavy atom. The maximum absolute atomic E-state index is 13.0. The molecule has 0 unspecified atom stereocenters. The maximum atomic E-state index is 13.0. The van der Waals surface area contributed by atoms with Gasteiger partial charge in [-0.05, 0) is 44.5 Å². The molecule has 0 bridgehead atoms. The summed E-state index contributed by atoms with van der Waals surface area (Å²) in [6.07, 6.45) is 4.80. The monoisotopic (exact) mass is 369 g/mol. The highest BCUT2D eigenvalue weighted by Crippen LogP contribution is 2.27. The molecule has 7 nitrogen and oxygen atoms in total. The van der Waals surface area contributed by atoms with Crippen molar-refractivity contribution < 1.29 is 9.59 Å². The molecule has 1 aliphatic rings. The molecule has 0 aliphatic carbocycles. The number of amides is 2. The number of piperidine rings is 1. The van der Waals surface area contributed by atoms with E-state index in [1.807, 2.05) is 49.5 Å². The van der Waals surface area contributed by atoms with Crippen molar-refractivity contribution in [2.75, 3.05) is 26.2 Å². The first-order chi connectivity index (χ1) is 13.2. The molecule has 2 N–H and O–H groups in total. The van der Waals surface area contributed by atoms with Crippen molar-refractivity contribution in [2.45, 2.75) is 31.8 Å². The van der Waals surface area contributed by atoms with Crippen molar-refractivity contribution in [1.29, 1.82) is 0 Å². The molecule has 144 valence electrons. The van der Waals surface area contributed by atoms with Crippen LogP contribution >= 0.6 is 0 Å². The van der Waals surface area contributed by atoms with Crippen LogP contribution in [0.15, 0.2) is 48.8 Å². The predicted octanol–water partition coefficient (Wildman–Crippen LogP) is 1.13. The molecular weight excluding hydrogens is 342 g/mol. The summed E-state index contributed by atoms with van der Waals surface area (Å²) in [6.45, 7) is 4.57. The number of rotatable bonds is 7. The normalized spacial score (nSPS) is 15.9. The van der Waals surface area contributed by atoms with Crippen LogP contribution in [-0.2, 0) is 21.7 Å². The SMILES string of the molecule is CCN(Cc1ccccc1)C(=O)CNC(=O)C1(n2cccn2)CCNCC1. The fourth-order valence-electron chi connectivity index (χ4n) is 3.53. The van der Waals surface area contributed by atoms with Crippen molar-refractivity contribution in [3.8, 4) is 0 Å². The summed E-state index contributed by atoms with van der Waals surface area (Å²) in [4.78, 5) is 27.4. The van der Waals surface area contributed by atoms with Crippen LogP contribution in [0.3, 0.4) is 0 Å². The molecule has 2 aromatic rings. The molecule has 0 spiro atoms. The van der Waals surface area contributed by atoms with E-state index in [-0.39, 0.29) is 18.4 Å². The summed E-state index contributed by atoms with van der Waals surface area (Å²) in [5.41, 5.74) is 0.344. The molecule has 3 rings (SSSR count). The molecule has 1 fully saturated rings. The van der Waals surface area contributed by atoms with E-state index >= 15 is 0 Å². The van der Waals surface area contributed by atoms with Crippen LogP contribution in [0.25, 0.3) is 0 Å². The molecule has 27 heavy (non-hydrogen) atoms. The highest BCUT2D eigenvalue weighted by atomic mass is 16.2. The van der Waals surface area contributed by atoms with Gasteiger partial charge in [0, 0.05) is 25.5 Å². The Kier molecular flexibility index (Phi) is 6.24. The second-order valence-corrected chi connectivity index (χ2v) is 6.81. The van der Waals surface area contributed by atoms with Gasteiger partial charge >= 0.3 is 0 Å². The molecule has 1 aromatic carbocycles. The van der Waals surface area contributed by atoms with Crippen molar-refractivity contribution in [1.82, 2.24) is 25.3 Å². The summed E-state index contributed by atoms with van der Waals surface area (Å²) in [6, 6.07) is 11.7. The van der Waals surface area contributed by atoms with Crippen LogP contribution in [0.4, 0.5) is 0 Å². The van der Waals surface area contributed by atoms with Gasteiger partial charge in [-0.15, -0.1) is 0 Å². The highest BCUT2D eigenvalue weighted by molar-refractivity contribution is 5.89. The first kappa shape index (κ1) is 19.1.